The zero-order chi connectivity index (χ0) is 20.1. The van der Waals surface area contributed by atoms with Gasteiger partial charge in [-0.3, -0.25) is 9.69 Å². The van der Waals surface area contributed by atoms with E-state index >= 15 is 0 Å². The van der Waals surface area contributed by atoms with Gasteiger partial charge in [-0.15, -0.1) is 0 Å². The smallest absolute Gasteiger partial charge is 0.224 e. The lowest BCUT2D eigenvalue weighted by atomic mass is 10.1. The lowest BCUT2D eigenvalue weighted by Crippen LogP contribution is -2.37. The van der Waals surface area contributed by atoms with Crippen LogP contribution in [0.15, 0.2) is 65.4 Å². The van der Waals surface area contributed by atoms with Crippen molar-refractivity contribution in [3.05, 3.63) is 76.5 Å². The minimum atomic E-state index is 0.0853. The number of nitrogens with zero attached hydrogens (tertiary/aromatic N) is 1. The van der Waals surface area contributed by atoms with Crippen LogP contribution in [-0.2, 0) is 17.8 Å². The Morgan fingerprint density at radius 3 is 2.52 bits per heavy atom. The minimum Gasteiger partial charge on any atom is -0.497 e. The van der Waals surface area contributed by atoms with Gasteiger partial charge in [0.1, 0.15) is 5.75 Å². The fraction of sp³-hybridized carbons (Fsp3) is 0.292. The number of hydrogen-bond donors (Lipinski definition) is 1. The molecule has 150 valence electrons. The second kappa shape index (κ2) is 9.25. The standard InChI is InChI=1S/C24H26N2O2S/c1-28-23-8-4-18(5-9-23)14-24(27)25-22-10-12-26(16-22)15-19-2-6-20(7-3-19)21-11-13-29-17-21/h2-9,11,13,17,22H,10,12,14-16H2,1H3,(H,25,27). The molecule has 0 radical (unpaired) electrons. The summed E-state index contributed by atoms with van der Waals surface area (Å²) in [6.07, 6.45) is 1.41. The fourth-order valence-corrected chi connectivity index (χ4v) is 4.46. The molecule has 5 heteroatoms. The summed E-state index contributed by atoms with van der Waals surface area (Å²) in [7, 11) is 1.64. The summed E-state index contributed by atoms with van der Waals surface area (Å²) in [5.41, 5.74) is 4.86. The van der Waals surface area contributed by atoms with E-state index in [0.29, 0.717) is 6.42 Å². The molecular formula is C24H26N2O2S. The Labute approximate surface area is 176 Å². The third-order valence-electron chi connectivity index (χ3n) is 5.38. The first-order valence-electron chi connectivity index (χ1n) is 9.96. The number of benzene rings is 2. The first-order chi connectivity index (χ1) is 14.2. The number of likely N-dealkylation sites (tertiary alicyclic amines) is 1. The number of rotatable bonds is 7. The lowest BCUT2D eigenvalue weighted by Gasteiger charge is -2.17. The molecule has 2 aromatic carbocycles. The van der Waals surface area contributed by atoms with Crippen molar-refractivity contribution < 1.29 is 9.53 Å². The monoisotopic (exact) mass is 406 g/mol. The van der Waals surface area contributed by atoms with E-state index in [-0.39, 0.29) is 11.9 Å². The van der Waals surface area contributed by atoms with Crippen LogP contribution in [0, 0.1) is 0 Å². The number of methoxy groups -OCH3 is 1. The molecule has 4 nitrogen and oxygen atoms in total. The molecule has 0 aliphatic carbocycles. The first kappa shape index (κ1) is 19.7. The molecule has 1 amide bonds. The highest BCUT2D eigenvalue weighted by Gasteiger charge is 2.23. The molecule has 1 saturated heterocycles. The van der Waals surface area contributed by atoms with Gasteiger partial charge in [-0.05, 0) is 57.6 Å². The Bertz CT molecular complexity index is 921. The topological polar surface area (TPSA) is 41.6 Å². The van der Waals surface area contributed by atoms with Crippen LogP contribution in [0.2, 0.25) is 0 Å². The minimum absolute atomic E-state index is 0.0853. The molecule has 0 bridgehead atoms. The Morgan fingerprint density at radius 2 is 1.83 bits per heavy atom. The Morgan fingerprint density at radius 1 is 1.07 bits per heavy atom. The molecule has 1 N–H and O–H groups in total. The van der Waals surface area contributed by atoms with Crippen LogP contribution in [0.25, 0.3) is 11.1 Å². The highest BCUT2D eigenvalue weighted by molar-refractivity contribution is 7.08. The molecule has 1 unspecified atom stereocenters. The number of carbonyl (C=O) groups excluding carboxylic acids is 1. The van der Waals surface area contributed by atoms with Crippen LogP contribution in [0.4, 0.5) is 0 Å². The van der Waals surface area contributed by atoms with Crippen LogP contribution >= 0.6 is 11.3 Å². The van der Waals surface area contributed by atoms with Crippen LogP contribution in [0.5, 0.6) is 5.75 Å². The van der Waals surface area contributed by atoms with E-state index < -0.39 is 0 Å². The number of amides is 1. The Hall–Kier alpha value is -2.63. The van der Waals surface area contributed by atoms with Gasteiger partial charge in [0, 0.05) is 25.7 Å². The zero-order valence-corrected chi connectivity index (χ0v) is 17.5. The van der Waals surface area contributed by atoms with Crippen LogP contribution < -0.4 is 10.1 Å². The third kappa shape index (κ3) is 5.25. The zero-order valence-electron chi connectivity index (χ0n) is 16.6. The van der Waals surface area contributed by atoms with Gasteiger partial charge >= 0.3 is 0 Å². The summed E-state index contributed by atoms with van der Waals surface area (Å²) in [5, 5.41) is 7.47. The number of carbonyl (C=O) groups is 1. The predicted octanol–water partition coefficient (Wildman–Crippen LogP) is 4.36. The molecule has 0 spiro atoms. The molecule has 3 aromatic rings. The predicted molar refractivity (Wildman–Crippen MR) is 118 cm³/mol. The number of ether oxygens (including phenoxy) is 1. The summed E-state index contributed by atoms with van der Waals surface area (Å²) in [6.45, 7) is 2.84. The normalized spacial score (nSPS) is 16.7. The van der Waals surface area contributed by atoms with Crippen molar-refractivity contribution >= 4 is 17.2 Å². The maximum Gasteiger partial charge on any atom is 0.224 e. The van der Waals surface area contributed by atoms with Gasteiger partial charge < -0.3 is 10.1 Å². The molecule has 2 heterocycles. The highest BCUT2D eigenvalue weighted by atomic mass is 32.1. The average molecular weight is 407 g/mol. The van der Waals surface area contributed by atoms with Gasteiger partial charge in [0.2, 0.25) is 5.91 Å². The van der Waals surface area contributed by atoms with Gasteiger partial charge in [0.25, 0.3) is 0 Å². The van der Waals surface area contributed by atoms with Gasteiger partial charge in [-0.25, -0.2) is 0 Å². The third-order valence-corrected chi connectivity index (χ3v) is 6.06. The van der Waals surface area contributed by atoms with Gasteiger partial charge in [0.15, 0.2) is 0 Å². The maximum absolute atomic E-state index is 12.4. The van der Waals surface area contributed by atoms with Crippen molar-refractivity contribution in [2.75, 3.05) is 20.2 Å². The first-order valence-corrected chi connectivity index (χ1v) is 10.9. The van der Waals surface area contributed by atoms with Gasteiger partial charge in [-0.2, -0.15) is 11.3 Å². The molecule has 1 aromatic heterocycles. The second-order valence-corrected chi connectivity index (χ2v) is 8.30. The van der Waals surface area contributed by atoms with Crippen LogP contribution in [0.1, 0.15) is 17.5 Å². The molecule has 4 rings (SSSR count). The van der Waals surface area contributed by atoms with Crippen molar-refractivity contribution in [1.82, 2.24) is 10.2 Å². The van der Waals surface area contributed by atoms with E-state index in [0.717, 1.165) is 37.4 Å². The summed E-state index contributed by atoms with van der Waals surface area (Å²) >= 11 is 1.72. The largest absolute Gasteiger partial charge is 0.497 e. The Balaban J connectivity index is 1.25. The summed E-state index contributed by atoms with van der Waals surface area (Å²) < 4.78 is 5.16. The van der Waals surface area contributed by atoms with Crippen molar-refractivity contribution in [2.24, 2.45) is 0 Å². The summed E-state index contributed by atoms with van der Waals surface area (Å²) in [6, 6.07) is 18.9. The van der Waals surface area contributed by atoms with E-state index in [4.69, 9.17) is 4.74 Å². The van der Waals surface area contributed by atoms with Gasteiger partial charge in [0.05, 0.1) is 13.5 Å². The highest BCUT2D eigenvalue weighted by Crippen LogP contribution is 2.23. The average Bonchev–Trinajstić information content (AvgIpc) is 3.42. The molecular weight excluding hydrogens is 380 g/mol. The van der Waals surface area contributed by atoms with Crippen LogP contribution in [0.3, 0.4) is 0 Å². The molecule has 1 fully saturated rings. The van der Waals surface area contributed by atoms with Crippen molar-refractivity contribution in [3.8, 4) is 16.9 Å². The summed E-state index contributed by atoms with van der Waals surface area (Å²) in [5.74, 6) is 0.895. The molecule has 0 saturated carbocycles. The SMILES string of the molecule is COc1ccc(CC(=O)NC2CCN(Cc3ccc(-c4ccsc4)cc3)C2)cc1. The van der Waals surface area contributed by atoms with Crippen molar-refractivity contribution in [2.45, 2.75) is 25.4 Å². The molecule has 29 heavy (non-hydrogen) atoms. The Kier molecular flexibility index (Phi) is 6.27. The van der Waals surface area contributed by atoms with Crippen molar-refractivity contribution in [1.29, 1.82) is 0 Å². The van der Waals surface area contributed by atoms with Gasteiger partial charge in [-0.1, -0.05) is 36.4 Å². The second-order valence-electron chi connectivity index (χ2n) is 7.52. The summed E-state index contributed by atoms with van der Waals surface area (Å²) in [4.78, 5) is 14.8. The van der Waals surface area contributed by atoms with E-state index in [1.807, 2.05) is 24.3 Å². The number of hydrogen-bond acceptors (Lipinski definition) is 4. The van der Waals surface area contributed by atoms with Crippen LogP contribution in [-0.4, -0.2) is 37.0 Å². The molecule has 1 atom stereocenters. The fourth-order valence-electron chi connectivity index (χ4n) is 3.79. The number of nitrogens with one attached hydrogen (secondary N) is 1. The quantitative estimate of drug-likeness (QED) is 0.634. The maximum atomic E-state index is 12.4. The van der Waals surface area contributed by atoms with Crippen molar-refractivity contribution in [3.63, 3.8) is 0 Å². The molecule has 1 aliphatic heterocycles. The lowest BCUT2D eigenvalue weighted by molar-refractivity contribution is -0.121. The van der Waals surface area contributed by atoms with E-state index in [2.05, 4.69) is 51.3 Å². The van der Waals surface area contributed by atoms with E-state index in [9.17, 15) is 4.79 Å². The van der Waals surface area contributed by atoms with E-state index in [1.54, 1.807) is 18.4 Å². The molecule has 1 aliphatic rings. The van der Waals surface area contributed by atoms with E-state index in [1.165, 1.54) is 16.7 Å². The number of thiophene rings is 1.